The number of thiazole rings is 1. The molecule has 0 fully saturated rings. The maximum Gasteiger partial charge on any atom is 0.191 e. The first-order chi connectivity index (χ1) is 9.99. The number of rotatable bonds is 4. The van der Waals surface area contributed by atoms with Gasteiger partial charge < -0.3 is 10.6 Å². The summed E-state index contributed by atoms with van der Waals surface area (Å²) >= 11 is 1.72. The molecule has 1 aliphatic rings. The molecule has 2 N–H and O–H groups in total. The van der Waals surface area contributed by atoms with E-state index in [1.165, 1.54) is 5.01 Å². The zero-order valence-corrected chi connectivity index (χ0v) is 14.3. The summed E-state index contributed by atoms with van der Waals surface area (Å²) in [5.74, 6) is 0.886. The predicted molar refractivity (Wildman–Crippen MR) is 90.9 cm³/mol. The Morgan fingerprint density at radius 2 is 2.10 bits per heavy atom. The average molecular weight is 306 g/mol. The van der Waals surface area contributed by atoms with Gasteiger partial charge in [0.25, 0.3) is 0 Å². The van der Waals surface area contributed by atoms with E-state index in [0.29, 0.717) is 12.6 Å². The smallest absolute Gasteiger partial charge is 0.191 e. The number of aliphatic imine (C=N–C) groups is 1. The molecule has 0 aromatic carbocycles. The number of hydrogen-bond acceptors (Lipinski definition) is 3. The SMILES string of the molecule is CCNC(=NCc1csc(C(C)(C)C)n1)NC1CC=CC1. The molecule has 116 valence electrons. The molecule has 1 aromatic heterocycles. The van der Waals surface area contributed by atoms with Crippen LogP contribution in [0.1, 0.15) is 51.2 Å². The molecule has 1 aromatic rings. The van der Waals surface area contributed by atoms with Crippen molar-refractivity contribution in [1.82, 2.24) is 15.6 Å². The third-order valence-corrected chi connectivity index (χ3v) is 4.60. The van der Waals surface area contributed by atoms with E-state index in [1.54, 1.807) is 11.3 Å². The maximum atomic E-state index is 4.69. The predicted octanol–water partition coefficient (Wildman–Crippen LogP) is 3.21. The lowest BCUT2D eigenvalue weighted by Crippen LogP contribution is -2.42. The van der Waals surface area contributed by atoms with Crippen LogP contribution in [0.5, 0.6) is 0 Å². The number of hydrogen-bond donors (Lipinski definition) is 2. The van der Waals surface area contributed by atoms with E-state index in [1.807, 2.05) is 0 Å². The van der Waals surface area contributed by atoms with Crippen molar-refractivity contribution in [3.63, 3.8) is 0 Å². The summed E-state index contributed by atoms with van der Waals surface area (Å²) in [6, 6.07) is 0.475. The summed E-state index contributed by atoms with van der Waals surface area (Å²) in [5, 5.41) is 10.1. The first kappa shape index (κ1) is 16.0. The lowest BCUT2D eigenvalue weighted by Gasteiger charge is -2.16. The molecule has 1 aliphatic carbocycles. The Labute approximate surface area is 131 Å². The zero-order valence-electron chi connectivity index (χ0n) is 13.4. The van der Waals surface area contributed by atoms with Gasteiger partial charge in [-0.05, 0) is 19.8 Å². The molecule has 0 amide bonds. The van der Waals surface area contributed by atoms with Gasteiger partial charge in [-0.3, -0.25) is 0 Å². The molecule has 0 aliphatic heterocycles. The molecular formula is C16H26N4S. The fourth-order valence-electron chi connectivity index (χ4n) is 2.13. The van der Waals surface area contributed by atoms with Gasteiger partial charge in [-0.25, -0.2) is 9.98 Å². The first-order valence-electron chi connectivity index (χ1n) is 7.63. The van der Waals surface area contributed by atoms with Gasteiger partial charge in [0.05, 0.1) is 17.2 Å². The van der Waals surface area contributed by atoms with Crippen LogP contribution in [0.4, 0.5) is 0 Å². The van der Waals surface area contributed by atoms with Crippen LogP contribution in [0, 0.1) is 0 Å². The van der Waals surface area contributed by atoms with Gasteiger partial charge in [-0.1, -0.05) is 32.9 Å². The third kappa shape index (κ3) is 4.84. The van der Waals surface area contributed by atoms with Crippen LogP contribution in [0.2, 0.25) is 0 Å². The molecule has 0 radical (unpaired) electrons. The fraction of sp³-hybridized carbons (Fsp3) is 0.625. The van der Waals surface area contributed by atoms with Gasteiger partial charge >= 0.3 is 0 Å². The highest BCUT2D eigenvalue weighted by Gasteiger charge is 2.18. The van der Waals surface area contributed by atoms with E-state index in [0.717, 1.165) is 31.0 Å². The summed E-state index contributed by atoms with van der Waals surface area (Å²) in [6.07, 6.45) is 6.60. The number of aromatic nitrogens is 1. The minimum absolute atomic E-state index is 0.116. The van der Waals surface area contributed by atoms with Gasteiger partial charge in [-0.15, -0.1) is 11.3 Å². The molecule has 21 heavy (non-hydrogen) atoms. The second-order valence-electron chi connectivity index (χ2n) is 6.37. The highest BCUT2D eigenvalue weighted by molar-refractivity contribution is 7.09. The molecule has 1 heterocycles. The van der Waals surface area contributed by atoms with Crippen molar-refractivity contribution in [2.24, 2.45) is 4.99 Å². The molecule has 4 nitrogen and oxygen atoms in total. The Bertz CT molecular complexity index is 503. The van der Waals surface area contributed by atoms with Crippen LogP contribution < -0.4 is 10.6 Å². The molecule has 0 atom stereocenters. The third-order valence-electron chi connectivity index (χ3n) is 3.29. The van der Waals surface area contributed by atoms with Crippen molar-refractivity contribution in [2.45, 2.75) is 58.5 Å². The molecule has 5 heteroatoms. The highest BCUT2D eigenvalue weighted by Crippen LogP contribution is 2.25. The van der Waals surface area contributed by atoms with E-state index in [-0.39, 0.29) is 5.41 Å². The van der Waals surface area contributed by atoms with E-state index < -0.39 is 0 Å². The van der Waals surface area contributed by atoms with E-state index in [9.17, 15) is 0 Å². The Morgan fingerprint density at radius 3 is 2.67 bits per heavy atom. The minimum atomic E-state index is 0.116. The molecule has 2 rings (SSSR count). The van der Waals surface area contributed by atoms with Gasteiger partial charge in [-0.2, -0.15) is 0 Å². The second kappa shape index (κ2) is 7.07. The molecule has 0 saturated carbocycles. The van der Waals surface area contributed by atoms with E-state index in [2.05, 4.69) is 65.8 Å². The number of nitrogens with one attached hydrogen (secondary N) is 2. The van der Waals surface area contributed by atoms with Crippen molar-refractivity contribution in [1.29, 1.82) is 0 Å². The van der Waals surface area contributed by atoms with Gasteiger partial charge in [0.1, 0.15) is 0 Å². The van der Waals surface area contributed by atoms with Crippen LogP contribution in [0.15, 0.2) is 22.5 Å². The van der Waals surface area contributed by atoms with Crippen LogP contribution in [0.3, 0.4) is 0 Å². The Balaban J connectivity index is 1.96. The second-order valence-corrected chi connectivity index (χ2v) is 7.23. The topological polar surface area (TPSA) is 49.3 Å². The quantitative estimate of drug-likeness (QED) is 0.510. The fourth-order valence-corrected chi connectivity index (χ4v) is 3.03. The Morgan fingerprint density at radius 1 is 1.38 bits per heavy atom. The van der Waals surface area contributed by atoms with Crippen molar-refractivity contribution >= 4 is 17.3 Å². The summed E-state index contributed by atoms with van der Waals surface area (Å²) in [4.78, 5) is 9.34. The molecule has 0 saturated heterocycles. The lowest BCUT2D eigenvalue weighted by molar-refractivity contribution is 0.583. The average Bonchev–Trinajstić information content (AvgIpc) is 3.06. The number of nitrogens with zero attached hydrogens (tertiary/aromatic N) is 2. The first-order valence-corrected chi connectivity index (χ1v) is 8.51. The summed E-state index contributed by atoms with van der Waals surface area (Å²) < 4.78 is 0. The number of guanidine groups is 1. The summed E-state index contributed by atoms with van der Waals surface area (Å²) in [6.45, 7) is 10.2. The zero-order chi connectivity index (χ0) is 15.3. The van der Waals surface area contributed by atoms with Gasteiger partial charge in [0.2, 0.25) is 0 Å². The van der Waals surface area contributed by atoms with Crippen molar-refractivity contribution in [3.8, 4) is 0 Å². The van der Waals surface area contributed by atoms with E-state index >= 15 is 0 Å². The highest BCUT2D eigenvalue weighted by atomic mass is 32.1. The van der Waals surface area contributed by atoms with Crippen LogP contribution >= 0.6 is 11.3 Å². The summed E-state index contributed by atoms with van der Waals surface area (Å²) in [7, 11) is 0. The van der Waals surface area contributed by atoms with Gasteiger partial charge in [0.15, 0.2) is 5.96 Å². The van der Waals surface area contributed by atoms with Crippen molar-refractivity contribution in [3.05, 3.63) is 28.2 Å². The monoisotopic (exact) mass is 306 g/mol. The van der Waals surface area contributed by atoms with Crippen LogP contribution in [-0.2, 0) is 12.0 Å². The van der Waals surface area contributed by atoms with Crippen molar-refractivity contribution in [2.75, 3.05) is 6.54 Å². The molecular weight excluding hydrogens is 280 g/mol. The van der Waals surface area contributed by atoms with Crippen LogP contribution in [0.25, 0.3) is 0 Å². The molecule has 0 spiro atoms. The minimum Gasteiger partial charge on any atom is -0.357 e. The Hall–Kier alpha value is -1.36. The van der Waals surface area contributed by atoms with Crippen LogP contribution in [-0.4, -0.2) is 23.5 Å². The van der Waals surface area contributed by atoms with E-state index in [4.69, 9.17) is 0 Å². The van der Waals surface area contributed by atoms with Crippen molar-refractivity contribution < 1.29 is 0 Å². The lowest BCUT2D eigenvalue weighted by atomic mass is 9.98. The van der Waals surface area contributed by atoms with Gasteiger partial charge in [0, 0.05) is 23.4 Å². The maximum absolute atomic E-state index is 4.69. The standard InChI is InChI=1S/C16H26N4S/c1-5-17-15(20-12-8-6-7-9-12)18-10-13-11-21-14(19-13)16(2,3)4/h6-7,11-12H,5,8-10H2,1-4H3,(H2,17,18,20). The molecule has 0 unspecified atom stereocenters. The summed E-state index contributed by atoms with van der Waals surface area (Å²) in [5.41, 5.74) is 1.16. The largest absolute Gasteiger partial charge is 0.357 e. The molecule has 0 bridgehead atoms. The normalized spacial score (nSPS) is 16.5. The Kier molecular flexibility index (Phi) is 5.39.